The van der Waals surface area contributed by atoms with Gasteiger partial charge in [0, 0.05) is 12.1 Å². The van der Waals surface area contributed by atoms with Gasteiger partial charge in [-0.3, -0.25) is 0 Å². The summed E-state index contributed by atoms with van der Waals surface area (Å²) in [4.78, 5) is 0. The first-order valence-corrected chi connectivity index (χ1v) is 7.28. The van der Waals surface area contributed by atoms with Crippen LogP contribution in [0.4, 0.5) is 5.82 Å². The molecule has 0 aliphatic carbocycles. The second-order valence-electron chi connectivity index (χ2n) is 4.55. The minimum atomic E-state index is 0.139. The molecule has 1 heterocycles. The van der Waals surface area contributed by atoms with Gasteiger partial charge >= 0.3 is 0 Å². The molecule has 5 heteroatoms. The van der Waals surface area contributed by atoms with E-state index in [0.717, 1.165) is 35.8 Å². The quantitative estimate of drug-likeness (QED) is 0.872. The Morgan fingerprint density at radius 2 is 2.05 bits per heavy atom. The van der Waals surface area contributed by atoms with Gasteiger partial charge in [-0.05, 0) is 32.4 Å². The lowest BCUT2D eigenvalue weighted by Crippen LogP contribution is -2.07. The topological polar surface area (TPSA) is 47.0 Å². The molecule has 2 rings (SSSR count). The van der Waals surface area contributed by atoms with Crippen molar-refractivity contribution in [2.45, 2.75) is 33.3 Å². The number of hydrogen-bond acceptors (Lipinski definition) is 5. The highest BCUT2D eigenvalue weighted by molar-refractivity contribution is 6.99. The largest absolute Gasteiger partial charge is 0.490 e. The molecule has 0 saturated heterocycles. The Bertz CT molecular complexity index is 525. The maximum Gasteiger partial charge on any atom is 0.168 e. The zero-order valence-corrected chi connectivity index (χ0v) is 12.3. The van der Waals surface area contributed by atoms with Crippen LogP contribution in [-0.4, -0.2) is 21.4 Å². The fourth-order valence-electron chi connectivity index (χ4n) is 1.74. The number of benzene rings is 1. The molecule has 2 aromatic rings. The molecule has 1 aromatic carbocycles. The lowest BCUT2D eigenvalue weighted by Gasteiger charge is -2.13. The first-order chi connectivity index (χ1) is 9.22. The molecule has 0 aliphatic heterocycles. The molecule has 0 atom stereocenters. The molecule has 19 heavy (non-hydrogen) atoms. The molecule has 0 radical (unpaired) electrons. The third-order valence-corrected chi connectivity index (χ3v) is 3.06. The van der Waals surface area contributed by atoms with Crippen molar-refractivity contribution >= 4 is 17.5 Å². The van der Waals surface area contributed by atoms with Crippen LogP contribution in [0.1, 0.15) is 27.2 Å². The number of hydrogen-bond donors (Lipinski definition) is 1. The highest BCUT2D eigenvalue weighted by Gasteiger charge is 2.15. The summed E-state index contributed by atoms with van der Waals surface area (Å²) in [5.74, 6) is 1.69. The predicted molar refractivity (Wildman–Crippen MR) is 79.9 cm³/mol. The van der Waals surface area contributed by atoms with Crippen LogP contribution < -0.4 is 10.1 Å². The molecule has 0 amide bonds. The molecule has 0 aliphatic rings. The van der Waals surface area contributed by atoms with Gasteiger partial charge in [-0.2, -0.15) is 8.75 Å². The fraction of sp³-hybridized carbons (Fsp3) is 0.429. The van der Waals surface area contributed by atoms with Gasteiger partial charge in [0.1, 0.15) is 11.4 Å². The van der Waals surface area contributed by atoms with Crippen molar-refractivity contribution in [2.75, 3.05) is 11.9 Å². The van der Waals surface area contributed by atoms with Gasteiger partial charge in [0.05, 0.1) is 17.8 Å². The lowest BCUT2D eigenvalue weighted by atomic mass is 10.1. The smallest absolute Gasteiger partial charge is 0.168 e. The van der Waals surface area contributed by atoms with Crippen molar-refractivity contribution in [2.24, 2.45) is 0 Å². The van der Waals surface area contributed by atoms with Crippen LogP contribution in [0.15, 0.2) is 24.3 Å². The van der Waals surface area contributed by atoms with E-state index in [9.17, 15) is 0 Å². The molecule has 0 fully saturated rings. The van der Waals surface area contributed by atoms with E-state index in [2.05, 4.69) is 21.0 Å². The maximum atomic E-state index is 5.84. The summed E-state index contributed by atoms with van der Waals surface area (Å²) in [6.07, 6.45) is 1.20. The van der Waals surface area contributed by atoms with Crippen LogP contribution >= 0.6 is 11.7 Å². The van der Waals surface area contributed by atoms with Gasteiger partial charge in [-0.25, -0.2) is 0 Å². The number of para-hydroxylation sites is 1. The summed E-state index contributed by atoms with van der Waals surface area (Å²) < 4.78 is 14.5. The Hall–Kier alpha value is -1.62. The third kappa shape index (κ3) is 3.44. The average molecular weight is 277 g/mol. The molecule has 1 aromatic heterocycles. The van der Waals surface area contributed by atoms with Crippen molar-refractivity contribution in [3.05, 3.63) is 24.3 Å². The molecule has 0 saturated carbocycles. The average Bonchev–Trinajstić information content (AvgIpc) is 2.84. The van der Waals surface area contributed by atoms with Crippen LogP contribution in [0, 0.1) is 0 Å². The fourth-order valence-corrected chi connectivity index (χ4v) is 2.28. The van der Waals surface area contributed by atoms with E-state index in [1.807, 2.05) is 38.1 Å². The summed E-state index contributed by atoms with van der Waals surface area (Å²) in [6.45, 7) is 7.06. The Balaban J connectivity index is 2.33. The number of nitrogens with zero attached hydrogens (tertiary/aromatic N) is 2. The van der Waals surface area contributed by atoms with Crippen LogP contribution in [-0.2, 0) is 0 Å². The van der Waals surface area contributed by atoms with E-state index < -0.39 is 0 Å². The second kappa shape index (κ2) is 6.52. The molecule has 102 valence electrons. The van der Waals surface area contributed by atoms with Gasteiger partial charge in [-0.15, -0.1) is 0 Å². The van der Waals surface area contributed by atoms with E-state index >= 15 is 0 Å². The van der Waals surface area contributed by atoms with Crippen LogP contribution in [0.2, 0.25) is 0 Å². The third-order valence-electron chi connectivity index (χ3n) is 2.54. The number of aromatic nitrogens is 2. The monoisotopic (exact) mass is 277 g/mol. The van der Waals surface area contributed by atoms with E-state index in [1.54, 1.807) is 0 Å². The first-order valence-electron chi connectivity index (χ1n) is 6.54. The van der Waals surface area contributed by atoms with Gasteiger partial charge in [0.25, 0.3) is 0 Å². The molecular formula is C14H19N3OS. The molecule has 4 nitrogen and oxygen atoms in total. The van der Waals surface area contributed by atoms with Gasteiger partial charge in [0.2, 0.25) is 0 Å². The molecule has 1 N–H and O–H groups in total. The highest BCUT2D eigenvalue weighted by Crippen LogP contribution is 2.33. The Morgan fingerprint density at radius 3 is 2.79 bits per heavy atom. The van der Waals surface area contributed by atoms with Crippen molar-refractivity contribution < 1.29 is 4.74 Å². The van der Waals surface area contributed by atoms with Crippen LogP contribution in [0.5, 0.6) is 5.75 Å². The van der Waals surface area contributed by atoms with E-state index in [-0.39, 0.29) is 6.10 Å². The Kier molecular flexibility index (Phi) is 4.74. The number of nitrogens with one attached hydrogen (secondary N) is 1. The Labute approximate surface area is 118 Å². The number of anilines is 1. The molecule has 0 unspecified atom stereocenters. The molecular weight excluding hydrogens is 258 g/mol. The number of rotatable bonds is 6. The molecule has 0 spiro atoms. The van der Waals surface area contributed by atoms with E-state index in [4.69, 9.17) is 4.74 Å². The Morgan fingerprint density at radius 1 is 1.26 bits per heavy atom. The van der Waals surface area contributed by atoms with Gasteiger partial charge in [-0.1, -0.05) is 19.1 Å². The van der Waals surface area contributed by atoms with Crippen molar-refractivity contribution in [1.29, 1.82) is 0 Å². The minimum Gasteiger partial charge on any atom is -0.490 e. The van der Waals surface area contributed by atoms with Crippen molar-refractivity contribution in [3.63, 3.8) is 0 Å². The van der Waals surface area contributed by atoms with Crippen molar-refractivity contribution in [1.82, 2.24) is 8.75 Å². The van der Waals surface area contributed by atoms with Gasteiger partial charge < -0.3 is 10.1 Å². The number of ether oxygens (including phenoxy) is 1. The van der Waals surface area contributed by atoms with E-state index in [1.165, 1.54) is 11.7 Å². The summed E-state index contributed by atoms with van der Waals surface area (Å²) >= 11 is 1.22. The maximum absolute atomic E-state index is 5.84. The highest BCUT2D eigenvalue weighted by atomic mass is 32.1. The summed E-state index contributed by atoms with van der Waals surface area (Å²) in [5.41, 5.74) is 1.86. The van der Waals surface area contributed by atoms with E-state index in [0.29, 0.717) is 0 Å². The SMILES string of the molecule is CCCNc1nsnc1-c1ccccc1OC(C)C. The second-order valence-corrected chi connectivity index (χ2v) is 5.08. The van der Waals surface area contributed by atoms with Crippen molar-refractivity contribution in [3.8, 4) is 17.0 Å². The molecule has 0 bridgehead atoms. The van der Waals surface area contributed by atoms with Crippen LogP contribution in [0.3, 0.4) is 0 Å². The zero-order chi connectivity index (χ0) is 13.7. The lowest BCUT2D eigenvalue weighted by molar-refractivity contribution is 0.243. The zero-order valence-electron chi connectivity index (χ0n) is 11.5. The summed E-state index contributed by atoms with van der Waals surface area (Å²) in [7, 11) is 0. The summed E-state index contributed by atoms with van der Waals surface area (Å²) in [5, 5.41) is 3.30. The standard InChI is InChI=1S/C14H19N3OS/c1-4-9-15-14-13(16-19-17-14)11-7-5-6-8-12(11)18-10(2)3/h5-8,10H,4,9H2,1-3H3,(H,15,17). The first kappa shape index (κ1) is 13.8. The van der Waals surface area contributed by atoms with Crippen LogP contribution in [0.25, 0.3) is 11.3 Å². The predicted octanol–water partition coefficient (Wildman–Crippen LogP) is 3.81. The van der Waals surface area contributed by atoms with Gasteiger partial charge in [0.15, 0.2) is 5.82 Å². The summed E-state index contributed by atoms with van der Waals surface area (Å²) in [6, 6.07) is 7.95. The minimum absolute atomic E-state index is 0.139. The normalized spacial score (nSPS) is 10.7.